The molecule has 0 bridgehead atoms. The maximum absolute atomic E-state index is 12.0. The van der Waals surface area contributed by atoms with Crippen molar-refractivity contribution in [2.75, 3.05) is 6.61 Å². The number of carbonyl (C=O) groups excluding carboxylic acids is 1. The lowest BCUT2D eigenvalue weighted by Crippen LogP contribution is -2.24. The first-order valence-corrected chi connectivity index (χ1v) is 9.76. The third-order valence-corrected chi connectivity index (χ3v) is 4.86. The molecule has 0 spiro atoms. The standard InChI is InChI=1S/C22H21Cl2N3O2/c1-14-6-4-5-7-21(14)29-13-22(28)26-25-12-17-8-15(2)27(16(17)3)20-10-18(23)9-19(24)11-20/h4-12H,13H2,1-3H3,(H,26,28)/b25-12-. The Bertz CT molecular complexity index is 1050. The molecule has 0 aliphatic carbocycles. The Kier molecular flexibility index (Phi) is 6.62. The molecule has 0 saturated carbocycles. The van der Waals surface area contributed by atoms with Crippen molar-refractivity contribution >= 4 is 35.3 Å². The first kappa shape index (κ1) is 21.0. The van der Waals surface area contributed by atoms with Crippen LogP contribution >= 0.6 is 23.2 Å². The van der Waals surface area contributed by atoms with Crippen LogP contribution in [0.5, 0.6) is 5.75 Å². The molecule has 0 saturated heterocycles. The highest BCUT2D eigenvalue weighted by molar-refractivity contribution is 6.34. The maximum atomic E-state index is 12.0. The molecule has 0 aliphatic heterocycles. The molecule has 1 N–H and O–H groups in total. The third-order valence-electron chi connectivity index (χ3n) is 4.42. The summed E-state index contributed by atoms with van der Waals surface area (Å²) in [7, 11) is 0. The molecule has 0 unspecified atom stereocenters. The average Bonchev–Trinajstić information content (AvgIpc) is 2.94. The summed E-state index contributed by atoms with van der Waals surface area (Å²) in [5, 5.41) is 5.18. The van der Waals surface area contributed by atoms with Gasteiger partial charge < -0.3 is 9.30 Å². The van der Waals surface area contributed by atoms with E-state index in [1.807, 2.05) is 67.8 Å². The predicted octanol–water partition coefficient (Wildman–Crippen LogP) is 5.24. The Morgan fingerprint density at radius 3 is 2.48 bits per heavy atom. The van der Waals surface area contributed by atoms with Gasteiger partial charge in [-0.15, -0.1) is 0 Å². The van der Waals surface area contributed by atoms with Gasteiger partial charge >= 0.3 is 0 Å². The summed E-state index contributed by atoms with van der Waals surface area (Å²) in [6.07, 6.45) is 1.61. The van der Waals surface area contributed by atoms with Gasteiger partial charge in [0.1, 0.15) is 5.75 Å². The first-order valence-electron chi connectivity index (χ1n) is 9.01. The molecule has 29 heavy (non-hydrogen) atoms. The quantitative estimate of drug-likeness (QED) is 0.430. The Balaban J connectivity index is 1.67. The molecular formula is C22H21Cl2N3O2. The summed E-state index contributed by atoms with van der Waals surface area (Å²) in [4.78, 5) is 12.0. The first-order chi connectivity index (χ1) is 13.8. The number of hydrazone groups is 1. The van der Waals surface area contributed by atoms with Crippen LogP contribution < -0.4 is 10.2 Å². The summed E-state index contributed by atoms with van der Waals surface area (Å²) in [5.74, 6) is 0.343. The van der Waals surface area contributed by atoms with E-state index in [0.29, 0.717) is 15.8 Å². The minimum Gasteiger partial charge on any atom is -0.483 e. The highest BCUT2D eigenvalue weighted by atomic mass is 35.5. The summed E-state index contributed by atoms with van der Waals surface area (Å²) in [5.41, 5.74) is 7.15. The lowest BCUT2D eigenvalue weighted by atomic mass is 10.2. The number of ether oxygens (including phenoxy) is 1. The summed E-state index contributed by atoms with van der Waals surface area (Å²) in [6, 6.07) is 14.9. The molecule has 0 radical (unpaired) electrons. The van der Waals surface area contributed by atoms with Gasteiger partial charge in [0, 0.05) is 32.7 Å². The van der Waals surface area contributed by atoms with E-state index in [9.17, 15) is 4.79 Å². The number of hydrogen-bond donors (Lipinski definition) is 1. The van der Waals surface area contributed by atoms with Gasteiger partial charge in [-0.2, -0.15) is 5.10 Å². The fourth-order valence-electron chi connectivity index (χ4n) is 3.05. The Morgan fingerprint density at radius 1 is 1.10 bits per heavy atom. The van der Waals surface area contributed by atoms with Gasteiger partial charge in [-0.05, 0) is 56.7 Å². The van der Waals surface area contributed by atoms with Gasteiger partial charge in [-0.3, -0.25) is 4.79 Å². The van der Waals surface area contributed by atoms with E-state index < -0.39 is 0 Å². The van der Waals surface area contributed by atoms with Crippen LogP contribution in [0.3, 0.4) is 0 Å². The monoisotopic (exact) mass is 429 g/mol. The Morgan fingerprint density at radius 2 is 1.79 bits per heavy atom. The third kappa shape index (κ3) is 5.19. The van der Waals surface area contributed by atoms with E-state index in [2.05, 4.69) is 10.5 Å². The molecule has 1 aromatic heterocycles. The molecule has 1 amide bonds. The molecule has 0 atom stereocenters. The molecule has 150 valence electrons. The van der Waals surface area contributed by atoms with E-state index in [1.54, 1.807) is 12.3 Å². The Hall–Kier alpha value is -2.76. The van der Waals surface area contributed by atoms with Crippen LogP contribution in [0.25, 0.3) is 5.69 Å². The fraction of sp³-hybridized carbons (Fsp3) is 0.182. The highest BCUT2D eigenvalue weighted by Gasteiger charge is 2.11. The number of hydrogen-bond acceptors (Lipinski definition) is 3. The number of amides is 1. The Labute approximate surface area is 179 Å². The van der Waals surface area contributed by atoms with E-state index in [4.69, 9.17) is 27.9 Å². The number of aromatic nitrogens is 1. The number of benzene rings is 2. The van der Waals surface area contributed by atoms with Crippen LogP contribution in [0.4, 0.5) is 0 Å². The lowest BCUT2D eigenvalue weighted by molar-refractivity contribution is -0.123. The van der Waals surface area contributed by atoms with Gasteiger partial charge in [-0.1, -0.05) is 41.4 Å². The van der Waals surface area contributed by atoms with Crippen molar-refractivity contribution in [3.05, 3.63) is 81.1 Å². The molecule has 5 nitrogen and oxygen atoms in total. The normalized spacial score (nSPS) is 11.1. The smallest absolute Gasteiger partial charge is 0.277 e. The molecular weight excluding hydrogens is 409 g/mol. The van der Waals surface area contributed by atoms with Gasteiger partial charge in [0.25, 0.3) is 5.91 Å². The van der Waals surface area contributed by atoms with E-state index in [0.717, 1.165) is 28.2 Å². The van der Waals surface area contributed by atoms with E-state index >= 15 is 0 Å². The number of halogens is 2. The number of aryl methyl sites for hydroxylation is 2. The van der Waals surface area contributed by atoms with Gasteiger partial charge in [0.15, 0.2) is 6.61 Å². The maximum Gasteiger partial charge on any atom is 0.277 e. The minimum atomic E-state index is -0.333. The molecule has 0 aliphatic rings. The molecule has 3 aromatic rings. The molecule has 1 heterocycles. The van der Waals surface area contributed by atoms with Gasteiger partial charge in [-0.25, -0.2) is 5.43 Å². The van der Waals surface area contributed by atoms with Crippen LogP contribution in [0, 0.1) is 20.8 Å². The van der Waals surface area contributed by atoms with Crippen LogP contribution in [0.15, 0.2) is 53.6 Å². The van der Waals surface area contributed by atoms with Crippen molar-refractivity contribution in [2.24, 2.45) is 5.10 Å². The van der Waals surface area contributed by atoms with Crippen LogP contribution in [-0.2, 0) is 4.79 Å². The second kappa shape index (κ2) is 9.16. The number of rotatable bonds is 6. The van der Waals surface area contributed by atoms with Crippen LogP contribution in [0.1, 0.15) is 22.5 Å². The second-order valence-corrected chi connectivity index (χ2v) is 7.51. The van der Waals surface area contributed by atoms with Crippen molar-refractivity contribution in [1.29, 1.82) is 0 Å². The average molecular weight is 430 g/mol. The predicted molar refractivity (Wildman–Crippen MR) is 118 cm³/mol. The summed E-state index contributed by atoms with van der Waals surface area (Å²) < 4.78 is 7.54. The summed E-state index contributed by atoms with van der Waals surface area (Å²) in [6.45, 7) is 5.76. The van der Waals surface area contributed by atoms with E-state index in [-0.39, 0.29) is 12.5 Å². The minimum absolute atomic E-state index is 0.109. The second-order valence-electron chi connectivity index (χ2n) is 6.64. The molecule has 7 heteroatoms. The molecule has 2 aromatic carbocycles. The highest BCUT2D eigenvalue weighted by Crippen LogP contribution is 2.26. The van der Waals surface area contributed by atoms with Crippen molar-refractivity contribution in [2.45, 2.75) is 20.8 Å². The number of nitrogens with zero attached hydrogens (tertiary/aromatic N) is 2. The number of nitrogens with one attached hydrogen (secondary N) is 1. The zero-order valence-electron chi connectivity index (χ0n) is 16.4. The van der Waals surface area contributed by atoms with Crippen molar-refractivity contribution in [1.82, 2.24) is 9.99 Å². The zero-order valence-corrected chi connectivity index (χ0v) is 17.9. The largest absolute Gasteiger partial charge is 0.483 e. The summed E-state index contributed by atoms with van der Waals surface area (Å²) >= 11 is 12.3. The molecule has 3 rings (SSSR count). The van der Waals surface area contributed by atoms with Crippen molar-refractivity contribution in [3.8, 4) is 11.4 Å². The number of para-hydroxylation sites is 1. The lowest BCUT2D eigenvalue weighted by Gasteiger charge is -2.10. The van der Waals surface area contributed by atoms with Gasteiger partial charge in [0.05, 0.1) is 6.21 Å². The molecule has 0 fully saturated rings. The van der Waals surface area contributed by atoms with Crippen molar-refractivity contribution < 1.29 is 9.53 Å². The van der Waals surface area contributed by atoms with Gasteiger partial charge in [0.2, 0.25) is 0 Å². The van der Waals surface area contributed by atoms with Crippen LogP contribution in [-0.4, -0.2) is 23.3 Å². The SMILES string of the molecule is Cc1ccccc1OCC(=O)N/N=C\c1cc(C)n(-c2cc(Cl)cc(Cl)c2)c1C. The van der Waals surface area contributed by atoms with Crippen molar-refractivity contribution in [3.63, 3.8) is 0 Å². The zero-order chi connectivity index (χ0) is 21.0. The topological polar surface area (TPSA) is 55.6 Å². The number of carbonyl (C=O) groups is 1. The van der Waals surface area contributed by atoms with E-state index in [1.165, 1.54) is 0 Å². The van der Waals surface area contributed by atoms with Crippen LogP contribution in [0.2, 0.25) is 10.0 Å². The fourth-order valence-corrected chi connectivity index (χ4v) is 3.57.